The van der Waals surface area contributed by atoms with Gasteiger partial charge in [-0.2, -0.15) is 12.7 Å². The van der Waals surface area contributed by atoms with Crippen LogP contribution in [0.4, 0.5) is 5.69 Å². The number of hydrogen-bond donors (Lipinski definition) is 2. The van der Waals surface area contributed by atoms with Crippen molar-refractivity contribution in [1.82, 2.24) is 19.2 Å². The number of fused-ring (bicyclic) bond motifs is 2. The van der Waals surface area contributed by atoms with Crippen LogP contribution < -0.4 is 4.72 Å². The summed E-state index contributed by atoms with van der Waals surface area (Å²) in [4.78, 5) is 26.6. The molecule has 1 aliphatic heterocycles. The summed E-state index contributed by atoms with van der Waals surface area (Å²) in [5.74, 6) is 0.455. The van der Waals surface area contributed by atoms with Gasteiger partial charge in [-0.1, -0.05) is 44.2 Å². The Hall–Kier alpha value is -2.44. The van der Waals surface area contributed by atoms with Crippen LogP contribution >= 0.6 is 11.3 Å². The van der Waals surface area contributed by atoms with Crippen molar-refractivity contribution < 1.29 is 18.3 Å². The first-order valence-corrected chi connectivity index (χ1v) is 17.6. The summed E-state index contributed by atoms with van der Waals surface area (Å²) >= 11 is 1.38. The Morgan fingerprint density at radius 3 is 2.60 bits per heavy atom. The molecule has 1 aromatic carbocycles. The quantitative estimate of drug-likeness (QED) is 0.295. The Morgan fingerprint density at radius 1 is 1.16 bits per heavy atom. The molecule has 1 fully saturated rings. The van der Waals surface area contributed by atoms with Crippen molar-refractivity contribution in [2.45, 2.75) is 77.7 Å². The molecule has 0 saturated carbocycles. The first-order chi connectivity index (χ1) is 20.3. The van der Waals surface area contributed by atoms with Gasteiger partial charge in [0.2, 0.25) is 0 Å². The van der Waals surface area contributed by atoms with Crippen molar-refractivity contribution >= 4 is 43.4 Å². The third kappa shape index (κ3) is 7.81. The number of ketones is 1. The normalized spacial score (nSPS) is 19.5. The minimum absolute atomic E-state index is 0.0214. The van der Waals surface area contributed by atoms with Crippen LogP contribution in [0.25, 0.3) is 10.3 Å². The molecule has 43 heavy (non-hydrogen) atoms. The highest BCUT2D eigenvalue weighted by Crippen LogP contribution is 2.38. The van der Waals surface area contributed by atoms with Crippen molar-refractivity contribution in [1.29, 1.82) is 0 Å². The zero-order chi connectivity index (χ0) is 30.9. The summed E-state index contributed by atoms with van der Waals surface area (Å²) in [5, 5.41) is 10.4. The van der Waals surface area contributed by atoms with Crippen LogP contribution in [0.2, 0.25) is 0 Å². The maximum Gasteiger partial charge on any atom is 0.301 e. The average molecular weight is 628 g/mol. The molecule has 2 N–H and O–H groups in total. The molecule has 0 radical (unpaired) electrons. The van der Waals surface area contributed by atoms with Gasteiger partial charge < -0.3 is 10.0 Å². The van der Waals surface area contributed by atoms with Crippen LogP contribution in [-0.4, -0.2) is 78.3 Å². The fraction of sp³-hybridized carbons (Fsp3) is 0.594. The van der Waals surface area contributed by atoms with Gasteiger partial charge in [-0.25, -0.2) is 9.97 Å². The first kappa shape index (κ1) is 32.0. The number of likely N-dealkylation sites (tertiary alicyclic amines) is 1. The molecule has 2 aliphatic rings. The van der Waals surface area contributed by atoms with E-state index in [0.29, 0.717) is 16.6 Å². The van der Waals surface area contributed by atoms with Gasteiger partial charge in [0.25, 0.3) is 0 Å². The fourth-order valence-electron chi connectivity index (χ4n) is 6.15. The highest BCUT2D eigenvalue weighted by molar-refractivity contribution is 7.90. The number of benzene rings is 1. The second kappa shape index (κ2) is 12.9. The summed E-state index contributed by atoms with van der Waals surface area (Å²) in [6, 6.07) is 9.49. The number of Topliss-reactive ketones (excluding diaryl/α,β-unsaturated/α-hetero) is 1. The SMILES string of the molecule is CN(C)S(=O)(=O)Nc1cccc([C@@H](CCN2CCC(O)CC2)CC(=O)c2nc3cc4c(nc3s2)CC[C@H](C(C)(C)C)C4)c1. The van der Waals surface area contributed by atoms with Crippen LogP contribution in [0.1, 0.15) is 85.4 Å². The molecule has 11 heteroatoms. The van der Waals surface area contributed by atoms with Gasteiger partial charge in [-0.05, 0) is 91.6 Å². The number of carbonyl (C=O) groups excluding carboxylic acids is 1. The molecule has 2 atom stereocenters. The molecule has 0 spiro atoms. The summed E-state index contributed by atoms with van der Waals surface area (Å²) < 4.78 is 28.7. The van der Waals surface area contributed by atoms with Gasteiger partial charge in [0.1, 0.15) is 10.3 Å². The summed E-state index contributed by atoms with van der Waals surface area (Å²) in [5.41, 5.74) is 4.80. The molecule has 1 saturated heterocycles. The maximum absolute atomic E-state index is 13.8. The second-order valence-corrected chi connectivity index (χ2v) is 16.3. The van der Waals surface area contributed by atoms with Crippen LogP contribution in [0, 0.1) is 11.3 Å². The lowest BCUT2D eigenvalue weighted by atomic mass is 9.71. The van der Waals surface area contributed by atoms with E-state index >= 15 is 0 Å². The van der Waals surface area contributed by atoms with Crippen LogP contribution in [0.5, 0.6) is 0 Å². The van der Waals surface area contributed by atoms with Gasteiger partial charge >= 0.3 is 10.2 Å². The van der Waals surface area contributed by atoms with E-state index in [2.05, 4.69) is 36.5 Å². The molecular weight excluding hydrogens is 583 g/mol. The smallest absolute Gasteiger partial charge is 0.301 e. The number of nitrogens with one attached hydrogen (secondary N) is 1. The molecule has 5 rings (SSSR count). The Kier molecular flexibility index (Phi) is 9.58. The number of aliphatic hydroxyl groups excluding tert-OH is 1. The number of rotatable bonds is 10. The summed E-state index contributed by atoms with van der Waals surface area (Å²) in [6.07, 6.45) is 5.34. The van der Waals surface area contributed by atoms with Crippen molar-refractivity contribution in [3.63, 3.8) is 0 Å². The molecular formula is C32H45N5O4S2. The lowest BCUT2D eigenvalue weighted by molar-refractivity contribution is 0.0805. The Labute approximate surface area is 259 Å². The van der Waals surface area contributed by atoms with E-state index in [4.69, 9.17) is 9.97 Å². The number of thiazole rings is 1. The van der Waals surface area contributed by atoms with Crippen molar-refractivity contribution in [3.8, 4) is 0 Å². The van der Waals surface area contributed by atoms with Crippen molar-refractivity contribution in [3.05, 3.63) is 52.2 Å². The highest BCUT2D eigenvalue weighted by atomic mass is 32.2. The Morgan fingerprint density at radius 2 is 1.91 bits per heavy atom. The minimum atomic E-state index is -3.66. The molecule has 9 nitrogen and oxygen atoms in total. The minimum Gasteiger partial charge on any atom is -0.393 e. The topological polar surface area (TPSA) is 116 Å². The van der Waals surface area contributed by atoms with Crippen molar-refractivity contribution in [2.24, 2.45) is 11.3 Å². The number of carbonyl (C=O) groups is 1. The Bertz CT molecular complexity index is 1560. The van der Waals surface area contributed by atoms with Gasteiger partial charge in [-0.3, -0.25) is 9.52 Å². The number of aliphatic hydroxyl groups is 1. The van der Waals surface area contributed by atoms with Crippen LogP contribution in [0.3, 0.4) is 0 Å². The number of hydrogen-bond acceptors (Lipinski definition) is 8. The van der Waals surface area contributed by atoms with Gasteiger partial charge in [-0.15, -0.1) is 0 Å². The highest BCUT2D eigenvalue weighted by Gasteiger charge is 2.30. The first-order valence-electron chi connectivity index (χ1n) is 15.3. The third-order valence-electron chi connectivity index (χ3n) is 9.08. The lowest BCUT2D eigenvalue weighted by Crippen LogP contribution is -2.36. The molecule has 2 aromatic heterocycles. The number of nitrogens with zero attached hydrogens (tertiary/aromatic N) is 4. The van der Waals surface area contributed by atoms with E-state index in [9.17, 15) is 18.3 Å². The number of piperidine rings is 1. The predicted molar refractivity (Wildman–Crippen MR) is 173 cm³/mol. The maximum atomic E-state index is 13.8. The zero-order valence-corrected chi connectivity index (χ0v) is 27.6. The number of aryl methyl sites for hydroxylation is 1. The van der Waals surface area contributed by atoms with Gasteiger partial charge in [0, 0.05) is 39.3 Å². The second-order valence-electron chi connectivity index (χ2n) is 13.4. The standard InChI is InChI=1S/C32H45N5O4S2/c1-32(2,3)24-9-10-27-23(17-24)19-28-30(33-27)42-31(34-28)29(39)20-22(11-14-37-15-12-26(38)13-16-37)21-7-6-8-25(18-21)35-43(40,41)36(4)5/h6-8,18-19,22,24,26,35,38H,9-17,20H2,1-5H3/t22-,24-/m0/s1. The lowest BCUT2D eigenvalue weighted by Gasteiger charge is -2.34. The number of aromatic nitrogens is 2. The fourth-order valence-corrected chi connectivity index (χ4v) is 7.64. The average Bonchev–Trinajstić information content (AvgIpc) is 3.37. The van der Waals surface area contributed by atoms with Crippen LogP contribution in [0.15, 0.2) is 30.3 Å². The molecule has 0 bridgehead atoms. The van der Waals surface area contributed by atoms with E-state index in [-0.39, 0.29) is 29.6 Å². The van der Waals surface area contributed by atoms with E-state index < -0.39 is 10.2 Å². The zero-order valence-electron chi connectivity index (χ0n) is 26.0. The van der Waals surface area contributed by atoms with Gasteiger partial charge in [0.15, 0.2) is 10.8 Å². The molecule has 3 heterocycles. The predicted octanol–water partition coefficient (Wildman–Crippen LogP) is 5.26. The molecule has 1 aliphatic carbocycles. The van der Waals surface area contributed by atoms with E-state index in [1.54, 1.807) is 6.07 Å². The Balaban J connectivity index is 1.37. The number of pyridine rings is 1. The molecule has 0 unspecified atom stereocenters. The summed E-state index contributed by atoms with van der Waals surface area (Å²) in [6.45, 7) is 9.34. The van der Waals surface area contributed by atoms with Crippen LogP contribution in [-0.2, 0) is 23.1 Å². The monoisotopic (exact) mass is 627 g/mol. The third-order valence-corrected chi connectivity index (χ3v) is 11.5. The van der Waals surface area contributed by atoms with E-state index in [1.807, 2.05) is 18.2 Å². The number of anilines is 1. The summed E-state index contributed by atoms with van der Waals surface area (Å²) in [7, 11) is -0.696. The van der Waals surface area contributed by atoms with E-state index in [0.717, 1.165) is 84.1 Å². The van der Waals surface area contributed by atoms with E-state index in [1.165, 1.54) is 31.0 Å². The van der Waals surface area contributed by atoms with Gasteiger partial charge in [0.05, 0.1) is 11.8 Å². The molecule has 234 valence electrons. The molecule has 0 amide bonds. The largest absolute Gasteiger partial charge is 0.393 e. The molecule has 3 aromatic rings. The van der Waals surface area contributed by atoms with Crippen molar-refractivity contribution in [2.75, 3.05) is 38.5 Å².